The van der Waals surface area contributed by atoms with Crippen molar-refractivity contribution in [3.63, 3.8) is 0 Å². The van der Waals surface area contributed by atoms with Crippen molar-refractivity contribution in [1.29, 1.82) is 0 Å². The number of carbonyl (C=O) groups is 3. The van der Waals surface area contributed by atoms with Gasteiger partial charge in [-0.3, -0.25) is 14.6 Å². The molecule has 0 spiro atoms. The van der Waals surface area contributed by atoms with Crippen molar-refractivity contribution < 1.29 is 37.8 Å². The smallest absolute Gasteiger partial charge is 0.480 e. The number of amides is 1. The Morgan fingerprint density at radius 3 is 2.48 bits per heavy atom. The SMILES string of the molecule is CSCCC(NC(=O)CN(Cc1cccc2ccccc12)C[C@@H]1CCCN1CCN)C(=O)O.O=C(O)C(F)(F)F. The molecule has 0 radical (unpaired) electrons. The lowest BCUT2D eigenvalue weighted by atomic mass is 10.0. The lowest BCUT2D eigenvalue weighted by Gasteiger charge is -2.31. The van der Waals surface area contributed by atoms with Gasteiger partial charge in [-0.25, -0.2) is 9.59 Å². The minimum Gasteiger partial charge on any atom is -0.480 e. The van der Waals surface area contributed by atoms with Crippen molar-refractivity contribution in [3.8, 4) is 0 Å². The lowest BCUT2D eigenvalue weighted by Crippen LogP contribution is -2.48. The number of halogens is 3. The molecule has 13 heteroatoms. The first-order valence-electron chi connectivity index (χ1n) is 12.9. The summed E-state index contributed by atoms with van der Waals surface area (Å²) in [4.78, 5) is 38.0. The van der Waals surface area contributed by atoms with Crippen LogP contribution in [0.3, 0.4) is 0 Å². The van der Waals surface area contributed by atoms with E-state index < -0.39 is 24.2 Å². The molecular weight excluding hydrogens is 549 g/mol. The highest BCUT2D eigenvalue weighted by atomic mass is 32.2. The van der Waals surface area contributed by atoms with Crippen LogP contribution in [-0.2, 0) is 20.9 Å². The zero-order valence-corrected chi connectivity index (χ0v) is 23.2. The topological polar surface area (TPSA) is 136 Å². The van der Waals surface area contributed by atoms with Crippen LogP contribution in [0.4, 0.5) is 13.2 Å². The Morgan fingerprint density at radius 1 is 1.18 bits per heavy atom. The number of aliphatic carboxylic acids is 2. The van der Waals surface area contributed by atoms with Crippen LogP contribution in [-0.4, -0.2) is 101 Å². The van der Waals surface area contributed by atoms with Crippen molar-refractivity contribution in [3.05, 3.63) is 48.0 Å². The highest BCUT2D eigenvalue weighted by molar-refractivity contribution is 7.98. The number of fused-ring (bicyclic) bond motifs is 1. The second kappa shape index (κ2) is 16.4. The molecule has 0 aromatic heterocycles. The summed E-state index contributed by atoms with van der Waals surface area (Å²) in [5.41, 5.74) is 6.98. The Labute approximate surface area is 235 Å². The van der Waals surface area contributed by atoms with Gasteiger partial charge in [0.2, 0.25) is 5.91 Å². The molecule has 0 saturated carbocycles. The number of alkyl halides is 3. The summed E-state index contributed by atoms with van der Waals surface area (Å²) in [6.07, 6.45) is -0.520. The summed E-state index contributed by atoms with van der Waals surface area (Å²) < 4.78 is 31.7. The van der Waals surface area contributed by atoms with E-state index in [-0.39, 0.29) is 12.5 Å². The number of thioether (sulfide) groups is 1. The van der Waals surface area contributed by atoms with Crippen molar-refractivity contribution in [2.24, 2.45) is 5.73 Å². The average molecular weight is 587 g/mol. The highest BCUT2D eigenvalue weighted by Gasteiger charge is 2.38. The van der Waals surface area contributed by atoms with Gasteiger partial charge in [0, 0.05) is 32.2 Å². The van der Waals surface area contributed by atoms with E-state index in [0.717, 1.165) is 32.5 Å². The number of nitrogens with zero attached hydrogens (tertiary/aromatic N) is 2. The van der Waals surface area contributed by atoms with Crippen molar-refractivity contribution >= 4 is 40.4 Å². The number of nitrogens with two attached hydrogens (primary N) is 1. The Kier molecular flexibility index (Phi) is 13.7. The minimum atomic E-state index is -5.08. The second-order valence-corrected chi connectivity index (χ2v) is 10.5. The minimum absolute atomic E-state index is 0.166. The van der Waals surface area contributed by atoms with Crippen molar-refractivity contribution in [2.45, 2.75) is 44.1 Å². The molecule has 1 aliphatic heterocycles. The molecule has 1 heterocycles. The van der Waals surface area contributed by atoms with Crippen LogP contribution >= 0.6 is 11.8 Å². The first kappa shape index (κ1) is 33.3. The molecule has 2 aromatic carbocycles. The maximum absolute atomic E-state index is 12.9. The fourth-order valence-corrected chi connectivity index (χ4v) is 5.12. The number of nitrogens with one attached hydrogen (secondary N) is 1. The monoisotopic (exact) mass is 586 g/mol. The van der Waals surface area contributed by atoms with Gasteiger partial charge in [0.25, 0.3) is 0 Å². The second-order valence-electron chi connectivity index (χ2n) is 9.47. The molecule has 9 nitrogen and oxygen atoms in total. The van der Waals surface area contributed by atoms with E-state index in [9.17, 15) is 27.9 Å². The van der Waals surface area contributed by atoms with E-state index in [4.69, 9.17) is 15.6 Å². The summed E-state index contributed by atoms with van der Waals surface area (Å²) in [6.45, 7) is 4.06. The van der Waals surface area contributed by atoms with Gasteiger partial charge in [0.15, 0.2) is 0 Å². The fraction of sp³-hybridized carbons (Fsp3) is 0.519. The van der Waals surface area contributed by atoms with Gasteiger partial charge in [0.05, 0.1) is 6.54 Å². The first-order valence-corrected chi connectivity index (χ1v) is 14.3. The third kappa shape index (κ3) is 11.0. The predicted octanol–water partition coefficient (Wildman–Crippen LogP) is 3.02. The number of benzene rings is 2. The van der Waals surface area contributed by atoms with E-state index in [1.165, 1.54) is 16.3 Å². The molecule has 40 heavy (non-hydrogen) atoms. The summed E-state index contributed by atoms with van der Waals surface area (Å²) in [6, 6.07) is 14.0. The Bertz CT molecular complexity index is 1120. The number of carboxylic acid groups (broad SMARTS) is 2. The van der Waals surface area contributed by atoms with Gasteiger partial charge in [-0.2, -0.15) is 24.9 Å². The molecule has 222 valence electrons. The highest BCUT2D eigenvalue weighted by Crippen LogP contribution is 2.22. The van der Waals surface area contributed by atoms with Gasteiger partial charge in [-0.15, -0.1) is 0 Å². The van der Waals surface area contributed by atoms with Gasteiger partial charge >= 0.3 is 18.1 Å². The van der Waals surface area contributed by atoms with Crippen molar-refractivity contribution in [1.82, 2.24) is 15.1 Å². The van der Waals surface area contributed by atoms with Crippen LogP contribution in [0, 0.1) is 0 Å². The van der Waals surface area contributed by atoms with E-state index >= 15 is 0 Å². The van der Waals surface area contributed by atoms with Crippen molar-refractivity contribution in [2.75, 3.05) is 44.7 Å². The zero-order chi connectivity index (χ0) is 29.7. The van der Waals surface area contributed by atoms with Crippen LogP contribution in [0.15, 0.2) is 42.5 Å². The molecule has 0 bridgehead atoms. The van der Waals surface area contributed by atoms with Gasteiger partial charge < -0.3 is 21.3 Å². The summed E-state index contributed by atoms with van der Waals surface area (Å²) in [5, 5.41) is 21.7. The number of likely N-dealkylation sites (tertiary alicyclic amines) is 1. The van der Waals surface area contributed by atoms with Crippen LogP contribution in [0.2, 0.25) is 0 Å². The first-order chi connectivity index (χ1) is 19.0. The van der Waals surface area contributed by atoms with E-state index in [1.807, 2.05) is 18.4 Å². The number of hydrogen-bond donors (Lipinski definition) is 4. The normalized spacial score (nSPS) is 16.4. The van der Waals surface area contributed by atoms with Gasteiger partial charge in [-0.05, 0) is 54.2 Å². The molecule has 5 N–H and O–H groups in total. The third-order valence-corrected chi connectivity index (χ3v) is 7.16. The number of carboxylic acids is 2. The maximum atomic E-state index is 12.9. The molecule has 0 aliphatic carbocycles. The Balaban J connectivity index is 0.000000708. The number of hydrogen-bond acceptors (Lipinski definition) is 7. The maximum Gasteiger partial charge on any atom is 0.490 e. The van der Waals surface area contributed by atoms with Gasteiger partial charge in [0.1, 0.15) is 6.04 Å². The fourth-order valence-electron chi connectivity index (χ4n) is 4.65. The largest absolute Gasteiger partial charge is 0.490 e. The lowest BCUT2D eigenvalue weighted by molar-refractivity contribution is -0.192. The van der Waals surface area contributed by atoms with Crippen LogP contribution in [0.1, 0.15) is 24.8 Å². The molecular formula is C27H37F3N4O5S. The standard InChI is InChI=1S/C25H36N4O3S.C2HF3O2/c1-33-15-11-23(25(31)32)27-24(30)18-28(17-21-9-5-13-29(21)14-12-26)16-20-8-4-7-19-6-2-3-10-22(19)20;3-2(4,5)1(6)7/h2-4,6-8,10,21,23H,5,9,11-18,26H2,1H3,(H,27,30)(H,31,32);(H,6,7)/t21-,23?;/m0./s1. The predicted molar refractivity (Wildman–Crippen MR) is 149 cm³/mol. The molecule has 2 aromatic rings. The molecule has 1 amide bonds. The van der Waals surface area contributed by atoms with E-state index in [1.54, 1.807) is 11.8 Å². The van der Waals surface area contributed by atoms with Crippen LogP contribution in [0.5, 0.6) is 0 Å². The number of rotatable bonds is 13. The summed E-state index contributed by atoms with van der Waals surface area (Å²) in [7, 11) is 0. The quantitative estimate of drug-likeness (QED) is 0.279. The summed E-state index contributed by atoms with van der Waals surface area (Å²) >= 11 is 1.58. The third-order valence-electron chi connectivity index (χ3n) is 6.51. The number of carbonyl (C=O) groups excluding carboxylic acids is 1. The molecule has 3 rings (SSSR count). The Hall–Kier alpha value is -2.87. The molecule has 1 saturated heterocycles. The molecule has 1 fully saturated rings. The zero-order valence-electron chi connectivity index (χ0n) is 22.4. The summed E-state index contributed by atoms with van der Waals surface area (Å²) in [5.74, 6) is -3.30. The Morgan fingerprint density at radius 2 is 1.85 bits per heavy atom. The van der Waals surface area contributed by atoms with Crippen LogP contribution in [0.25, 0.3) is 10.8 Å². The van der Waals surface area contributed by atoms with E-state index in [2.05, 4.69) is 45.4 Å². The van der Waals surface area contributed by atoms with Gasteiger partial charge in [-0.1, -0.05) is 42.5 Å². The molecule has 1 aliphatic rings. The van der Waals surface area contributed by atoms with Crippen LogP contribution < -0.4 is 11.1 Å². The molecule has 1 unspecified atom stereocenters. The molecule has 2 atom stereocenters. The average Bonchev–Trinajstić information content (AvgIpc) is 3.33. The van der Waals surface area contributed by atoms with E-state index in [0.29, 0.717) is 31.3 Å².